The van der Waals surface area contributed by atoms with Crippen molar-refractivity contribution in [2.45, 2.75) is 25.8 Å². The Balaban J connectivity index is 0.00000264. The largest absolute Gasteiger partial charge is 0.492 e. The van der Waals surface area contributed by atoms with Crippen molar-refractivity contribution in [2.75, 3.05) is 40.3 Å². The highest BCUT2D eigenvalue weighted by atomic mass is 127. The van der Waals surface area contributed by atoms with Crippen molar-refractivity contribution < 1.29 is 4.74 Å². The second kappa shape index (κ2) is 10.7. The summed E-state index contributed by atoms with van der Waals surface area (Å²) < 4.78 is 5.70. The molecule has 0 saturated carbocycles. The van der Waals surface area contributed by atoms with Gasteiger partial charge in [0.2, 0.25) is 0 Å². The lowest BCUT2D eigenvalue weighted by molar-refractivity contribution is 0.308. The number of benzene rings is 1. The first-order valence-electron chi connectivity index (χ1n) is 8.03. The highest BCUT2D eigenvalue weighted by Gasteiger charge is 2.20. The molecule has 1 fully saturated rings. The van der Waals surface area contributed by atoms with Gasteiger partial charge in [0.25, 0.3) is 0 Å². The van der Waals surface area contributed by atoms with Crippen molar-refractivity contribution >= 4 is 29.9 Å². The van der Waals surface area contributed by atoms with Crippen molar-refractivity contribution in [1.82, 2.24) is 15.5 Å². The molecular formula is C17H29IN4O. The Labute approximate surface area is 156 Å². The average molecular weight is 432 g/mol. The molecular weight excluding hydrogens is 403 g/mol. The second-order valence-electron chi connectivity index (χ2n) is 5.82. The van der Waals surface area contributed by atoms with Crippen LogP contribution in [0.4, 0.5) is 0 Å². The van der Waals surface area contributed by atoms with Crippen LogP contribution < -0.4 is 15.4 Å². The molecule has 1 aliphatic heterocycles. The van der Waals surface area contributed by atoms with Crippen molar-refractivity contribution in [2.24, 2.45) is 4.99 Å². The Kier molecular flexibility index (Phi) is 9.31. The van der Waals surface area contributed by atoms with E-state index in [4.69, 9.17) is 4.74 Å². The lowest BCUT2D eigenvalue weighted by Crippen LogP contribution is -2.44. The van der Waals surface area contributed by atoms with Gasteiger partial charge in [-0.2, -0.15) is 0 Å². The molecule has 2 rings (SSSR count). The second-order valence-corrected chi connectivity index (χ2v) is 5.82. The first-order chi connectivity index (χ1) is 10.7. The molecule has 1 unspecified atom stereocenters. The predicted molar refractivity (Wildman–Crippen MR) is 107 cm³/mol. The van der Waals surface area contributed by atoms with E-state index < -0.39 is 0 Å². The van der Waals surface area contributed by atoms with Gasteiger partial charge < -0.3 is 20.3 Å². The first-order valence-corrected chi connectivity index (χ1v) is 8.03. The van der Waals surface area contributed by atoms with E-state index >= 15 is 0 Å². The zero-order chi connectivity index (χ0) is 15.8. The van der Waals surface area contributed by atoms with E-state index in [9.17, 15) is 0 Å². The smallest absolute Gasteiger partial charge is 0.191 e. The molecule has 0 amide bonds. The number of aliphatic imine (C=N–C) groups is 1. The zero-order valence-corrected chi connectivity index (χ0v) is 16.7. The number of ether oxygens (including phenoxy) is 1. The monoisotopic (exact) mass is 432 g/mol. The van der Waals surface area contributed by atoms with Crippen LogP contribution in [-0.4, -0.2) is 57.2 Å². The average Bonchev–Trinajstić information content (AvgIpc) is 2.93. The minimum Gasteiger partial charge on any atom is -0.492 e. The maximum atomic E-state index is 5.70. The molecule has 1 aromatic carbocycles. The Hall–Kier alpha value is -1.02. The number of halogens is 1. The molecule has 0 aromatic heterocycles. The number of nitrogens with zero attached hydrogens (tertiary/aromatic N) is 2. The molecule has 23 heavy (non-hydrogen) atoms. The van der Waals surface area contributed by atoms with Crippen LogP contribution in [0, 0.1) is 6.92 Å². The number of likely N-dealkylation sites (tertiary alicyclic amines) is 1. The van der Waals surface area contributed by atoms with E-state index in [2.05, 4.69) is 46.6 Å². The zero-order valence-electron chi connectivity index (χ0n) is 14.3. The first kappa shape index (κ1) is 20.0. The maximum absolute atomic E-state index is 5.70. The Bertz CT molecular complexity index is 478. The minimum atomic E-state index is 0. The van der Waals surface area contributed by atoms with Crippen LogP contribution in [0.25, 0.3) is 0 Å². The van der Waals surface area contributed by atoms with E-state index in [1.54, 1.807) is 7.05 Å². The van der Waals surface area contributed by atoms with E-state index in [0.717, 1.165) is 24.8 Å². The molecule has 0 radical (unpaired) electrons. The van der Waals surface area contributed by atoms with Crippen LogP contribution in [0.15, 0.2) is 29.3 Å². The summed E-state index contributed by atoms with van der Waals surface area (Å²) >= 11 is 0. The van der Waals surface area contributed by atoms with Gasteiger partial charge in [-0.15, -0.1) is 24.0 Å². The van der Waals surface area contributed by atoms with Crippen molar-refractivity contribution in [3.8, 4) is 5.75 Å². The normalized spacial score (nSPS) is 18.4. The summed E-state index contributed by atoms with van der Waals surface area (Å²) in [6.45, 7) is 5.56. The number of hydrogen-bond acceptors (Lipinski definition) is 3. The SMILES string of the molecule is CN=C(NCCOc1ccc(C)cc1)NCC1CCCN1C.I. The quantitative estimate of drug-likeness (QED) is 0.314. The third-order valence-electron chi connectivity index (χ3n) is 4.08. The predicted octanol–water partition coefficient (Wildman–Crippen LogP) is 2.25. The van der Waals surface area contributed by atoms with Crippen LogP contribution in [0.1, 0.15) is 18.4 Å². The van der Waals surface area contributed by atoms with E-state index in [-0.39, 0.29) is 24.0 Å². The van der Waals surface area contributed by atoms with Crippen LogP contribution >= 0.6 is 24.0 Å². The van der Waals surface area contributed by atoms with Gasteiger partial charge >= 0.3 is 0 Å². The van der Waals surface area contributed by atoms with Crippen molar-refractivity contribution in [1.29, 1.82) is 0 Å². The summed E-state index contributed by atoms with van der Waals surface area (Å²) in [6, 6.07) is 8.72. The molecule has 6 heteroatoms. The van der Waals surface area contributed by atoms with Gasteiger partial charge in [0.1, 0.15) is 12.4 Å². The van der Waals surface area contributed by atoms with Gasteiger partial charge in [-0.25, -0.2) is 0 Å². The summed E-state index contributed by atoms with van der Waals surface area (Å²) in [5.41, 5.74) is 1.24. The molecule has 0 spiro atoms. The topological polar surface area (TPSA) is 48.9 Å². The van der Waals surface area contributed by atoms with Gasteiger partial charge in [0, 0.05) is 19.6 Å². The van der Waals surface area contributed by atoms with E-state index in [1.165, 1.54) is 24.9 Å². The summed E-state index contributed by atoms with van der Waals surface area (Å²) in [7, 11) is 3.99. The number of guanidine groups is 1. The number of nitrogens with one attached hydrogen (secondary N) is 2. The van der Waals surface area contributed by atoms with Crippen LogP contribution in [-0.2, 0) is 0 Å². The van der Waals surface area contributed by atoms with Crippen LogP contribution in [0.3, 0.4) is 0 Å². The van der Waals surface area contributed by atoms with E-state index in [0.29, 0.717) is 12.6 Å². The number of likely N-dealkylation sites (N-methyl/N-ethyl adjacent to an activating group) is 1. The van der Waals surface area contributed by atoms with Crippen molar-refractivity contribution in [3.05, 3.63) is 29.8 Å². The Morgan fingerprint density at radius 3 is 2.65 bits per heavy atom. The minimum absolute atomic E-state index is 0. The van der Waals surface area contributed by atoms with Gasteiger partial charge in [-0.05, 0) is 45.5 Å². The fourth-order valence-electron chi connectivity index (χ4n) is 2.65. The summed E-state index contributed by atoms with van der Waals surface area (Å²) in [5.74, 6) is 1.75. The molecule has 2 N–H and O–H groups in total. The number of aryl methyl sites for hydroxylation is 1. The molecule has 5 nitrogen and oxygen atoms in total. The molecule has 1 atom stereocenters. The number of rotatable bonds is 6. The molecule has 1 heterocycles. The Morgan fingerprint density at radius 1 is 1.30 bits per heavy atom. The molecule has 1 saturated heterocycles. The standard InChI is InChI=1S/C17H28N4O.HI/c1-14-6-8-16(9-7-14)22-12-10-19-17(18-2)20-13-15-5-4-11-21(15)3;/h6-9,15H,4-5,10-13H2,1-3H3,(H2,18,19,20);1H. The van der Waals surface area contributed by atoms with Gasteiger partial charge in [0.05, 0.1) is 6.54 Å². The van der Waals surface area contributed by atoms with E-state index in [1.807, 2.05) is 12.1 Å². The van der Waals surface area contributed by atoms with Gasteiger partial charge in [-0.3, -0.25) is 4.99 Å². The highest BCUT2D eigenvalue weighted by Crippen LogP contribution is 2.13. The Morgan fingerprint density at radius 2 is 2.04 bits per heavy atom. The lowest BCUT2D eigenvalue weighted by Gasteiger charge is -2.21. The molecule has 0 aliphatic carbocycles. The van der Waals surface area contributed by atoms with Gasteiger partial charge in [-0.1, -0.05) is 17.7 Å². The maximum Gasteiger partial charge on any atom is 0.191 e. The molecule has 1 aliphatic rings. The molecule has 0 bridgehead atoms. The molecule has 1 aromatic rings. The molecule has 130 valence electrons. The fourth-order valence-corrected chi connectivity index (χ4v) is 2.65. The van der Waals surface area contributed by atoms with Crippen LogP contribution in [0.5, 0.6) is 5.75 Å². The third kappa shape index (κ3) is 6.95. The lowest BCUT2D eigenvalue weighted by atomic mass is 10.2. The summed E-state index contributed by atoms with van der Waals surface area (Å²) in [6.07, 6.45) is 2.55. The summed E-state index contributed by atoms with van der Waals surface area (Å²) in [4.78, 5) is 6.65. The third-order valence-corrected chi connectivity index (χ3v) is 4.08. The van der Waals surface area contributed by atoms with Crippen LogP contribution in [0.2, 0.25) is 0 Å². The van der Waals surface area contributed by atoms with Crippen molar-refractivity contribution in [3.63, 3.8) is 0 Å². The summed E-state index contributed by atoms with van der Waals surface area (Å²) in [5, 5.41) is 6.67. The highest BCUT2D eigenvalue weighted by molar-refractivity contribution is 14.0. The van der Waals surface area contributed by atoms with Gasteiger partial charge in [0.15, 0.2) is 5.96 Å². The fraction of sp³-hybridized carbons (Fsp3) is 0.588. The number of hydrogen-bond donors (Lipinski definition) is 2.